The van der Waals surface area contributed by atoms with Gasteiger partial charge in [-0.25, -0.2) is 19.3 Å². The highest BCUT2D eigenvalue weighted by Crippen LogP contribution is 2.34. The average molecular weight is 319 g/mol. The van der Waals surface area contributed by atoms with E-state index in [0.29, 0.717) is 11.2 Å². The van der Waals surface area contributed by atoms with Crippen LogP contribution in [0.15, 0.2) is 12.7 Å². The summed E-state index contributed by atoms with van der Waals surface area (Å²) in [4.78, 5) is 11.8. The van der Waals surface area contributed by atoms with Gasteiger partial charge in [0, 0.05) is 13.7 Å². The van der Waals surface area contributed by atoms with E-state index in [1.165, 1.54) is 31.3 Å². The number of ether oxygens (including phenoxy) is 1. The molecule has 2 unspecified atom stereocenters. The van der Waals surface area contributed by atoms with E-state index in [4.69, 9.17) is 21.4 Å². The van der Waals surface area contributed by atoms with Gasteiger partial charge in [0.05, 0.1) is 12.4 Å². The number of aliphatic hydroxyl groups excluding tert-OH is 2. The molecule has 116 valence electrons. The Bertz CT molecular complexity index is 622. The smallest absolute Gasteiger partial charge is 0.178 e. The largest absolute Gasteiger partial charge is 0.396 e. The summed E-state index contributed by atoms with van der Waals surface area (Å²) < 4.78 is 21.4. The molecule has 0 saturated heterocycles. The summed E-state index contributed by atoms with van der Waals surface area (Å²) in [5.41, 5.74) is -1.56. The summed E-state index contributed by atoms with van der Waals surface area (Å²) >= 11 is 5.90. The van der Waals surface area contributed by atoms with Gasteiger partial charge in [0.2, 0.25) is 0 Å². The van der Waals surface area contributed by atoms with E-state index in [1.807, 2.05) is 0 Å². The molecule has 21 heavy (non-hydrogen) atoms. The van der Waals surface area contributed by atoms with Crippen molar-refractivity contribution in [3.8, 4) is 0 Å². The van der Waals surface area contributed by atoms with Crippen LogP contribution in [0.1, 0.15) is 19.6 Å². The van der Waals surface area contributed by atoms with Gasteiger partial charge in [-0.3, -0.25) is 4.57 Å². The second-order valence-electron chi connectivity index (χ2n) is 4.76. The van der Waals surface area contributed by atoms with Crippen LogP contribution in [0.25, 0.3) is 11.2 Å². The van der Waals surface area contributed by atoms with E-state index < -0.39 is 18.0 Å². The molecule has 0 bridgehead atoms. The SMILES string of the molecule is CO[C@@H](n1cnc2c(Cl)ncnc21)C(C)(F)C(O)CCO. The zero-order valence-corrected chi connectivity index (χ0v) is 12.3. The summed E-state index contributed by atoms with van der Waals surface area (Å²) in [5, 5.41) is 18.9. The van der Waals surface area contributed by atoms with Crippen LogP contribution in [0.4, 0.5) is 4.39 Å². The van der Waals surface area contributed by atoms with Gasteiger partial charge < -0.3 is 14.9 Å². The van der Waals surface area contributed by atoms with Gasteiger partial charge >= 0.3 is 0 Å². The molecule has 0 aliphatic rings. The van der Waals surface area contributed by atoms with Gasteiger partial charge in [0.25, 0.3) is 0 Å². The number of fused-ring (bicyclic) bond motifs is 1. The van der Waals surface area contributed by atoms with Crippen LogP contribution in [-0.4, -0.2) is 55.2 Å². The maximum atomic E-state index is 14.9. The van der Waals surface area contributed by atoms with Crippen LogP contribution < -0.4 is 0 Å². The Morgan fingerprint density at radius 2 is 2.19 bits per heavy atom. The molecule has 0 radical (unpaired) electrons. The van der Waals surface area contributed by atoms with Crippen LogP contribution in [0, 0.1) is 0 Å². The van der Waals surface area contributed by atoms with E-state index in [-0.39, 0.29) is 18.2 Å². The molecular formula is C12H16ClFN4O3. The van der Waals surface area contributed by atoms with Gasteiger partial charge in [-0.15, -0.1) is 0 Å². The van der Waals surface area contributed by atoms with E-state index in [1.54, 1.807) is 0 Å². The lowest BCUT2D eigenvalue weighted by Gasteiger charge is -2.33. The molecule has 0 aliphatic heterocycles. The number of imidazole rings is 1. The number of halogens is 2. The van der Waals surface area contributed by atoms with Crippen LogP contribution in [0.2, 0.25) is 5.15 Å². The molecule has 0 amide bonds. The molecule has 0 spiro atoms. The normalized spacial score (nSPS) is 17.6. The molecule has 2 heterocycles. The predicted octanol–water partition coefficient (Wildman–Crippen LogP) is 1.10. The van der Waals surface area contributed by atoms with Crippen molar-refractivity contribution in [3.05, 3.63) is 17.8 Å². The van der Waals surface area contributed by atoms with Gasteiger partial charge in [0.15, 0.2) is 22.7 Å². The third-order valence-corrected chi connectivity index (χ3v) is 3.60. The maximum Gasteiger partial charge on any atom is 0.178 e. The topological polar surface area (TPSA) is 93.3 Å². The molecule has 0 fully saturated rings. The Kier molecular flexibility index (Phi) is 4.72. The molecule has 2 aromatic heterocycles. The first-order chi connectivity index (χ1) is 9.93. The van der Waals surface area contributed by atoms with Crippen LogP contribution in [-0.2, 0) is 4.74 Å². The Morgan fingerprint density at radius 3 is 2.81 bits per heavy atom. The van der Waals surface area contributed by atoms with Crippen molar-refractivity contribution >= 4 is 22.8 Å². The second-order valence-corrected chi connectivity index (χ2v) is 5.11. The minimum absolute atomic E-state index is 0.116. The number of hydrogen-bond donors (Lipinski definition) is 2. The molecule has 2 rings (SSSR count). The molecule has 2 aromatic rings. The van der Waals surface area contributed by atoms with E-state index in [0.717, 1.165) is 0 Å². The summed E-state index contributed by atoms with van der Waals surface area (Å²) in [6.45, 7) is 0.853. The minimum Gasteiger partial charge on any atom is -0.396 e. The summed E-state index contributed by atoms with van der Waals surface area (Å²) in [6.07, 6.45) is -0.162. The first-order valence-corrected chi connectivity index (χ1v) is 6.65. The van der Waals surface area contributed by atoms with Crippen molar-refractivity contribution in [1.29, 1.82) is 0 Å². The van der Waals surface area contributed by atoms with Crippen LogP contribution in [0.3, 0.4) is 0 Å². The fourth-order valence-corrected chi connectivity index (χ4v) is 2.36. The van der Waals surface area contributed by atoms with Gasteiger partial charge in [0.1, 0.15) is 11.8 Å². The van der Waals surface area contributed by atoms with Crippen molar-refractivity contribution < 1.29 is 19.3 Å². The lowest BCUT2D eigenvalue weighted by atomic mass is 9.96. The van der Waals surface area contributed by atoms with Crippen molar-refractivity contribution in [3.63, 3.8) is 0 Å². The molecule has 9 heteroatoms. The van der Waals surface area contributed by atoms with E-state index in [2.05, 4.69) is 15.0 Å². The van der Waals surface area contributed by atoms with Crippen molar-refractivity contribution in [2.24, 2.45) is 0 Å². The quantitative estimate of drug-likeness (QED) is 0.775. The number of nitrogens with zero attached hydrogens (tertiary/aromatic N) is 4. The highest BCUT2D eigenvalue weighted by molar-refractivity contribution is 6.33. The number of methoxy groups -OCH3 is 1. The van der Waals surface area contributed by atoms with Crippen LogP contribution >= 0.6 is 11.6 Å². The standard InChI is InChI=1S/C12H16ClFN4O3/c1-12(14,7(20)3-4-19)11(21-2)18-6-17-8-9(13)15-5-16-10(8)18/h5-7,11,19-20H,3-4H2,1-2H3/t7?,11-,12?/m1/s1. The Balaban J connectivity index is 2.47. The summed E-state index contributed by atoms with van der Waals surface area (Å²) in [6, 6.07) is 0. The van der Waals surface area contributed by atoms with Crippen molar-refractivity contribution in [2.75, 3.05) is 13.7 Å². The fourth-order valence-electron chi connectivity index (χ4n) is 2.18. The van der Waals surface area contributed by atoms with Gasteiger partial charge in [-0.2, -0.15) is 0 Å². The van der Waals surface area contributed by atoms with Gasteiger partial charge in [-0.1, -0.05) is 11.6 Å². The number of hydrogen-bond acceptors (Lipinski definition) is 6. The third kappa shape index (κ3) is 2.84. The monoisotopic (exact) mass is 318 g/mol. The molecule has 0 aromatic carbocycles. The Morgan fingerprint density at radius 1 is 1.48 bits per heavy atom. The molecule has 3 atom stereocenters. The first kappa shape index (κ1) is 16.0. The number of alkyl halides is 1. The Labute approximate surface area is 125 Å². The van der Waals surface area contributed by atoms with Crippen LogP contribution in [0.5, 0.6) is 0 Å². The molecule has 7 nitrogen and oxygen atoms in total. The zero-order chi connectivity index (χ0) is 15.6. The first-order valence-electron chi connectivity index (χ1n) is 6.27. The summed E-state index contributed by atoms with van der Waals surface area (Å²) in [5.74, 6) is 0. The predicted molar refractivity (Wildman–Crippen MR) is 73.6 cm³/mol. The molecular weight excluding hydrogens is 303 g/mol. The zero-order valence-electron chi connectivity index (χ0n) is 11.6. The van der Waals surface area contributed by atoms with Crippen molar-refractivity contribution in [2.45, 2.75) is 31.3 Å². The van der Waals surface area contributed by atoms with Crippen molar-refractivity contribution in [1.82, 2.24) is 19.5 Å². The number of aliphatic hydroxyl groups is 2. The number of rotatable bonds is 6. The molecule has 0 aliphatic carbocycles. The van der Waals surface area contributed by atoms with Gasteiger partial charge in [-0.05, 0) is 13.3 Å². The van der Waals surface area contributed by atoms with E-state index >= 15 is 0 Å². The minimum atomic E-state index is -2.16. The third-order valence-electron chi connectivity index (χ3n) is 3.33. The highest BCUT2D eigenvalue weighted by atomic mass is 35.5. The molecule has 2 N–H and O–H groups in total. The fraction of sp³-hybridized carbons (Fsp3) is 0.583. The lowest BCUT2D eigenvalue weighted by Crippen LogP contribution is -2.44. The van der Waals surface area contributed by atoms with E-state index in [9.17, 15) is 9.50 Å². The highest BCUT2D eigenvalue weighted by Gasteiger charge is 2.43. The number of aromatic nitrogens is 4. The maximum absolute atomic E-state index is 14.9. The lowest BCUT2D eigenvalue weighted by molar-refractivity contribution is -0.134. The second kappa shape index (κ2) is 6.18. The Hall–Kier alpha value is -1.35. The summed E-state index contributed by atoms with van der Waals surface area (Å²) in [7, 11) is 1.31. The molecule has 0 saturated carbocycles. The average Bonchev–Trinajstić information content (AvgIpc) is 2.85.